The van der Waals surface area contributed by atoms with Gasteiger partial charge in [-0.1, -0.05) is 25.1 Å². The normalized spacial score (nSPS) is 14.6. The van der Waals surface area contributed by atoms with Gasteiger partial charge in [-0.3, -0.25) is 0 Å². The van der Waals surface area contributed by atoms with Crippen LogP contribution in [0.25, 0.3) is 10.9 Å². The molecule has 0 bridgehead atoms. The van der Waals surface area contributed by atoms with Gasteiger partial charge in [-0.2, -0.15) is 0 Å². The van der Waals surface area contributed by atoms with Crippen LogP contribution >= 0.6 is 0 Å². The number of para-hydroxylation sites is 1. The molecule has 18 heavy (non-hydrogen) atoms. The highest BCUT2D eigenvalue weighted by Crippen LogP contribution is 2.22. The van der Waals surface area contributed by atoms with Crippen molar-refractivity contribution in [2.75, 3.05) is 0 Å². The van der Waals surface area contributed by atoms with Crippen molar-refractivity contribution < 1.29 is 15.0 Å². The Bertz CT molecular complexity index is 584. The van der Waals surface area contributed by atoms with E-state index in [-0.39, 0.29) is 6.54 Å². The highest BCUT2D eigenvalue weighted by Gasteiger charge is 2.30. The number of aryl methyl sites for hydroxylation is 1. The first-order chi connectivity index (χ1) is 8.45. The molecule has 0 saturated heterocycles. The van der Waals surface area contributed by atoms with Gasteiger partial charge in [0.2, 0.25) is 0 Å². The number of benzene rings is 1. The molecule has 2 rings (SSSR count). The topological polar surface area (TPSA) is 62.5 Å². The molecule has 0 aliphatic rings. The molecule has 0 aliphatic heterocycles. The average molecular weight is 247 g/mol. The van der Waals surface area contributed by atoms with Crippen LogP contribution in [0.2, 0.25) is 0 Å². The predicted octanol–water partition coefficient (Wildman–Crippen LogP) is 2.04. The summed E-state index contributed by atoms with van der Waals surface area (Å²) in [5.41, 5.74) is 0.396. The van der Waals surface area contributed by atoms with E-state index in [0.717, 1.165) is 22.9 Å². The van der Waals surface area contributed by atoms with Gasteiger partial charge in [-0.05, 0) is 30.4 Å². The molecule has 1 aromatic heterocycles. The van der Waals surface area contributed by atoms with Gasteiger partial charge in [0.05, 0.1) is 12.1 Å². The van der Waals surface area contributed by atoms with Crippen molar-refractivity contribution in [2.24, 2.45) is 0 Å². The Labute approximate surface area is 105 Å². The molecule has 0 aliphatic carbocycles. The van der Waals surface area contributed by atoms with Gasteiger partial charge in [-0.25, -0.2) is 4.79 Å². The van der Waals surface area contributed by atoms with Crippen LogP contribution in [0.1, 0.15) is 19.4 Å². The van der Waals surface area contributed by atoms with E-state index in [1.807, 2.05) is 35.0 Å². The zero-order valence-corrected chi connectivity index (χ0v) is 10.6. The molecule has 4 nitrogen and oxygen atoms in total. The summed E-state index contributed by atoms with van der Waals surface area (Å²) in [7, 11) is 0. The van der Waals surface area contributed by atoms with Gasteiger partial charge in [0.15, 0.2) is 5.60 Å². The van der Waals surface area contributed by atoms with Crippen LogP contribution in [0.4, 0.5) is 0 Å². The first kappa shape index (κ1) is 12.6. The number of aliphatic hydroxyl groups is 1. The summed E-state index contributed by atoms with van der Waals surface area (Å²) < 4.78 is 1.81. The summed E-state index contributed by atoms with van der Waals surface area (Å²) in [5.74, 6) is -1.21. The van der Waals surface area contributed by atoms with E-state index in [1.165, 1.54) is 6.92 Å². The lowest BCUT2D eigenvalue weighted by Gasteiger charge is -2.20. The minimum atomic E-state index is -1.76. The van der Waals surface area contributed by atoms with Crippen molar-refractivity contribution in [3.8, 4) is 0 Å². The van der Waals surface area contributed by atoms with Crippen LogP contribution < -0.4 is 0 Å². The fourth-order valence-electron chi connectivity index (χ4n) is 2.16. The number of carboxylic acids is 1. The van der Waals surface area contributed by atoms with Crippen molar-refractivity contribution in [1.29, 1.82) is 0 Å². The van der Waals surface area contributed by atoms with Gasteiger partial charge in [0.1, 0.15) is 0 Å². The quantitative estimate of drug-likeness (QED) is 0.869. The number of hydrogen-bond donors (Lipinski definition) is 2. The highest BCUT2D eigenvalue weighted by atomic mass is 16.4. The fraction of sp³-hybridized carbons (Fsp3) is 0.357. The van der Waals surface area contributed by atoms with E-state index < -0.39 is 11.6 Å². The molecule has 1 unspecified atom stereocenters. The van der Waals surface area contributed by atoms with Gasteiger partial charge in [-0.15, -0.1) is 0 Å². The standard InChI is InChI=1S/C14H17NO3/c1-3-10-5-4-6-11-7-8-15(12(10)11)9-14(2,18)13(16)17/h4-8,18H,3,9H2,1-2H3,(H,16,17). The van der Waals surface area contributed by atoms with Crippen LogP contribution in [0.3, 0.4) is 0 Å². The summed E-state index contributed by atoms with van der Waals surface area (Å²) in [6, 6.07) is 7.93. The lowest BCUT2D eigenvalue weighted by Crippen LogP contribution is -2.39. The molecule has 0 saturated carbocycles. The Morgan fingerprint density at radius 2 is 2.11 bits per heavy atom. The summed E-state index contributed by atoms with van der Waals surface area (Å²) in [5, 5.41) is 19.9. The monoisotopic (exact) mass is 247 g/mol. The second-order valence-corrected chi connectivity index (χ2v) is 4.73. The van der Waals surface area contributed by atoms with E-state index in [9.17, 15) is 9.90 Å². The number of aromatic nitrogens is 1. The molecule has 0 radical (unpaired) electrons. The highest BCUT2D eigenvalue weighted by molar-refractivity contribution is 5.84. The number of carboxylic acid groups (broad SMARTS) is 1. The molecule has 1 atom stereocenters. The molecular weight excluding hydrogens is 230 g/mol. The van der Waals surface area contributed by atoms with Crippen molar-refractivity contribution >= 4 is 16.9 Å². The van der Waals surface area contributed by atoms with Crippen LogP contribution in [-0.4, -0.2) is 26.4 Å². The zero-order chi connectivity index (χ0) is 13.3. The smallest absolute Gasteiger partial charge is 0.337 e. The summed E-state index contributed by atoms with van der Waals surface area (Å²) in [6.07, 6.45) is 2.69. The summed E-state index contributed by atoms with van der Waals surface area (Å²) in [6.45, 7) is 3.42. The number of carbonyl (C=O) groups is 1. The Kier molecular flexibility index (Phi) is 3.13. The summed E-state index contributed by atoms with van der Waals surface area (Å²) >= 11 is 0. The third kappa shape index (κ3) is 2.11. The van der Waals surface area contributed by atoms with E-state index in [2.05, 4.69) is 6.92 Å². The minimum Gasteiger partial charge on any atom is -0.479 e. The second kappa shape index (κ2) is 4.46. The van der Waals surface area contributed by atoms with Crippen molar-refractivity contribution in [2.45, 2.75) is 32.4 Å². The second-order valence-electron chi connectivity index (χ2n) is 4.73. The first-order valence-electron chi connectivity index (χ1n) is 5.98. The SMILES string of the molecule is CCc1cccc2ccn(CC(C)(O)C(=O)O)c12. The third-order valence-corrected chi connectivity index (χ3v) is 3.19. The average Bonchev–Trinajstić information content (AvgIpc) is 2.71. The molecular formula is C14H17NO3. The van der Waals surface area contributed by atoms with Gasteiger partial charge in [0, 0.05) is 6.20 Å². The zero-order valence-electron chi connectivity index (χ0n) is 10.6. The van der Waals surface area contributed by atoms with Crippen LogP contribution in [0.5, 0.6) is 0 Å². The molecule has 1 aromatic carbocycles. The minimum absolute atomic E-state index is 0.0445. The number of rotatable bonds is 4. The Balaban J connectivity index is 2.49. The number of hydrogen-bond acceptors (Lipinski definition) is 2. The van der Waals surface area contributed by atoms with Crippen LogP contribution in [0.15, 0.2) is 30.5 Å². The molecule has 2 aromatic rings. The Morgan fingerprint density at radius 1 is 1.39 bits per heavy atom. The van der Waals surface area contributed by atoms with Crippen LogP contribution in [-0.2, 0) is 17.8 Å². The van der Waals surface area contributed by atoms with Gasteiger partial charge >= 0.3 is 5.97 Å². The Morgan fingerprint density at radius 3 is 2.72 bits per heavy atom. The first-order valence-corrected chi connectivity index (χ1v) is 5.98. The van der Waals surface area contributed by atoms with Crippen molar-refractivity contribution in [3.05, 3.63) is 36.0 Å². The molecule has 0 fully saturated rings. The van der Waals surface area contributed by atoms with E-state index in [0.29, 0.717) is 0 Å². The number of fused-ring (bicyclic) bond motifs is 1. The van der Waals surface area contributed by atoms with E-state index in [4.69, 9.17) is 5.11 Å². The number of aliphatic carboxylic acids is 1. The largest absolute Gasteiger partial charge is 0.479 e. The van der Waals surface area contributed by atoms with Crippen molar-refractivity contribution in [1.82, 2.24) is 4.57 Å². The maximum Gasteiger partial charge on any atom is 0.337 e. The molecule has 1 heterocycles. The van der Waals surface area contributed by atoms with Gasteiger partial charge < -0.3 is 14.8 Å². The molecule has 96 valence electrons. The number of nitrogens with zero attached hydrogens (tertiary/aromatic N) is 1. The predicted molar refractivity (Wildman–Crippen MR) is 69.6 cm³/mol. The molecule has 2 N–H and O–H groups in total. The maximum absolute atomic E-state index is 11.0. The lowest BCUT2D eigenvalue weighted by molar-refractivity contribution is -0.157. The van der Waals surface area contributed by atoms with Crippen LogP contribution in [0, 0.1) is 0 Å². The fourth-order valence-corrected chi connectivity index (χ4v) is 2.16. The summed E-state index contributed by atoms with van der Waals surface area (Å²) in [4.78, 5) is 11.0. The molecule has 0 spiro atoms. The lowest BCUT2D eigenvalue weighted by atomic mass is 10.1. The van der Waals surface area contributed by atoms with Gasteiger partial charge in [0.25, 0.3) is 0 Å². The molecule has 0 amide bonds. The third-order valence-electron chi connectivity index (χ3n) is 3.19. The molecule has 4 heteroatoms. The Hall–Kier alpha value is -1.81. The van der Waals surface area contributed by atoms with Crippen molar-refractivity contribution in [3.63, 3.8) is 0 Å². The van der Waals surface area contributed by atoms with E-state index in [1.54, 1.807) is 0 Å². The van der Waals surface area contributed by atoms with E-state index >= 15 is 0 Å². The maximum atomic E-state index is 11.0.